The molecule has 0 saturated heterocycles. The van der Waals surface area contributed by atoms with Gasteiger partial charge in [-0.25, -0.2) is 4.39 Å². The third kappa shape index (κ3) is 1.64. The summed E-state index contributed by atoms with van der Waals surface area (Å²) in [6.07, 6.45) is 7.94. The van der Waals surface area contributed by atoms with E-state index in [1.807, 2.05) is 0 Å². The van der Waals surface area contributed by atoms with Crippen LogP contribution in [0.4, 0.5) is 4.39 Å². The quantitative estimate of drug-likeness (QED) is 0.709. The van der Waals surface area contributed by atoms with E-state index in [9.17, 15) is 4.79 Å². The Hall–Kier alpha value is -1.12. The Labute approximate surface area is 143 Å². The van der Waals surface area contributed by atoms with Crippen LogP contribution in [0.25, 0.3) is 0 Å². The molecule has 8 atom stereocenters. The van der Waals surface area contributed by atoms with Crippen molar-refractivity contribution in [2.45, 2.75) is 52.1 Å². The molecule has 0 spiro atoms. The van der Waals surface area contributed by atoms with Crippen molar-refractivity contribution < 1.29 is 13.9 Å². The first-order chi connectivity index (χ1) is 11.4. The molecular weight excluding hydrogens is 303 g/mol. The molecule has 0 N–H and O–H groups in total. The van der Waals surface area contributed by atoms with Gasteiger partial charge in [0.05, 0.1) is 12.9 Å². The molecule has 2 nitrogen and oxygen atoms in total. The van der Waals surface area contributed by atoms with Gasteiger partial charge in [0, 0.05) is 23.7 Å². The Kier molecular flexibility index (Phi) is 2.86. The molecule has 3 heteroatoms. The summed E-state index contributed by atoms with van der Waals surface area (Å²) in [6.45, 7) is 4.33. The number of fused-ring (bicyclic) bond motifs is 7. The van der Waals surface area contributed by atoms with Gasteiger partial charge in [0.1, 0.15) is 12.0 Å². The number of rotatable bonds is 1. The number of ketones is 1. The maximum atomic E-state index is 15.5. The van der Waals surface area contributed by atoms with Crippen LogP contribution in [0.3, 0.4) is 0 Å². The van der Waals surface area contributed by atoms with E-state index in [1.165, 1.54) is 5.57 Å². The van der Waals surface area contributed by atoms with Crippen molar-refractivity contribution in [3.05, 3.63) is 23.5 Å². The van der Waals surface area contributed by atoms with Crippen molar-refractivity contribution in [3.63, 3.8) is 0 Å². The van der Waals surface area contributed by atoms with Gasteiger partial charge >= 0.3 is 0 Å². The number of carbonyl (C=O) groups is 1. The number of allylic oxidation sites excluding steroid dienone is 4. The van der Waals surface area contributed by atoms with E-state index in [0.717, 1.165) is 31.4 Å². The van der Waals surface area contributed by atoms with Gasteiger partial charge in [0.2, 0.25) is 0 Å². The Morgan fingerprint density at radius 2 is 2.00 bits per heavy atom. The van der Waals surface area contributed by atoms with Gasteiger partial charge in [-0.05, 0) is 60.5 Å². The zero-order chi connectivity index (χ0) is 16.9. The van der Waals surface area contributed by atoms with Gasteiger partial charge in [0.15, 0.2) is 0 Å². The highest BCUT2D eigenvalue weighted by Gasteiger charge is 2.71. The minimum Gasteiger partial charge on any atom is -0.501 e. The second-order valence-corrected chi connectivity index (χ2v) is 9.35. The van der Waals surface area contributed by atoms with Crippen LogP contribution in [-0.2, 0) is 9.53 Å². The molecule has 5 rings (SSSR count). The minimum absolute atomic E-state index is 0.0670. The molecule has 24 heavy (non-hydrogen) atoms. The predicted molar refractivity (Wildman–Crippen MR) is 89.8 cm³/mol. The fourth-order valence-electron chi connectivity index (χ4n) is 7.20. The van der Waals surface area contributed by atoms with Crippen LogP contribution >= 0.6 is 0 Å². The second kappa shape index (κ2) is 4.53. The van der Waals surface area contributed by atoms with Gasteiger partial charge in [-0.1, -0.05) is 19.9 Å². The summed E-state index contributed by atoms with van der Waals surface area (Å²) in [5, 5.41) is 0. The summed E-state index contributed by atoms with van der Waals surface area (Å²) >= 11 is 0. The first-order valence-corrected chi connectivity index (χ1v) is 9.54. The SMILES string of the molecule is COC1=CC2=CCC3C(C(F)C[C@]4(C)C(=O)[C@H]5C[C@H]5C34)[C@@]2(C)CC1. The van der Waals surface area contributed by atoms with Gasteiger partial charge in [-0.3, -0.25) is 4.79 Å². The fourth-order valence-corrected chi connectivity index (χ4v) is 7.20. The molecule has 0 radical (unpaired) electrons. The van der Waals surface area contributed by atoms with Crippen molar-refractivity contribution >= 4 is 5.78 Å². The molecule has 0 aliphatic heterocycles. The first-order valence-electron chi connectivity index (χ1n) is 9.54. The van der Waals surface area contributed by atoms with E-state index < -0.39 is 11.6 Å². The van der Waals surface area contributed by atoms with Gasteiger partial charge in [0.25, 0.3) is 0 Å². The Morgan fingerprint density at radius 3 is 2.75 bits per heavy atom. The molecule has 5 aliphatic carbocycles. The van der Waals surface area contributed by atoms with Crippen LogP contribution in [0, 0.1) is 40.4 Å². The number of Topliss-reactive ketones (excluding diaryl/α,β-unsaturated/α-hetero) is 1. The highest BCUT2D eigenvalue weighted by molar-refractivity contribution is 5.93. The predicted octanol–water partition coefficient (Wildman–Crippen LogP) is 4.46. The third-order valence-corrected chi connectivity index (χ3v) is 8.34. The van der Waals surface area contributed by atoms with Crippen LogP contribution in [0.15, 0.2) is 23.5 Å². The molecule has 4 unspecified atom stereocenters. The summed E-state index contributed by atoms with van der Waals surface area (Å²) in [6, 6.07) is 0. The molecule has 130 valence electrons. The molecule has 0 amide bonds. The summed E-state index contributed by atoms with van der Waals surface area (Å²) in [5.74, 6) is 3.03. The number of hydrogen-bond donors (Lipinski definition) is 0. The lowest BCUT2D eigenvalue weighted by molar-refractivity contribution is -0.141. The van der Waals surface area contributed by atoms with Crippen molar-refractivity contribution in [1.29, 1.82) is 0 Å². The van der Waals surface area contributed by atoms with E-state index in [0.29, 0.717) is 30.0 Å². The Balaban J connectivity index is 1.58. The number of hydrogen-bond acceptors (Lipinski definition) is 2. The van der Waals surface area contributed by atoms with Crippen LogP contribution in [0.1, 0.15) is 46.0 Å². The van der Waals surface area contributed by atoms with Gasteiger partial charge in [-0.15, -0.1) is 0 Å². The first kappa shape index (κ1) is 15.2. The van der Waals surface area contributed by atoms with Gasteiger partial charge < -0.3 is 4.74 Å². The Morgan fingerprint density at radius 1 is 1.21 bits per heavy atom. The normalized spacial score (nSPS) is 54.8. The molecule has 0 aromatic carbocycles. The highest BCUT2D eigenvalue weighted by atomic mass is 19.1. The molecule has 0 aromatic rings. The monoisotopic (exact) mass is 330 g/mol. The zero-order valence-corrected chi connectivity index (χ0v) is 14.8. The van der Waals surface area contributed by atoms with Crippen LogP contribution < -0.4 is 0 Å². The van der Waals surface area contributed by atoms with E-state index in [4.69, 9.17) is 4.74 Å². The summed E-state index contributed by atoms with van der Waals surface area (Å²) in [7, 11) is 1.72. The lowest BCUT2D eigenvalue weighted by atomic mass is 9.47. The number of alkyl halides is 1. The number of methoxy groups -OCH3 is 1. The van der Waals surface area contributed by atoms with Crippen molar-refractivity contribution in [3.8, 4) is 0 Å². The standard InChI is InChI=1S/C21H27FO2/c1-20-7-6-12(24-3)8-11(20)4-5-13-17-14-9-15(14)19(23)21(17,2)10-16(22)18(13)20/h4,8,13-18H,5-7,9-10H2,1-3H3/t13?,14-,15+,16?,17?,18?,20+,21+/m1/s1. The topological polar surface area (TPSA) is 26.3 Å². The average molecular weight is 330 g/mol. The lowest BCUT2D eigenvalue weighted by Gasteiger charge is -2.57. The van der Waals surface area contributed by atoms with E-state index >= 15 is 4.39 Å². The summed E-state index contributed by atoms with van der Waals surface area (Å²) in [5.41, 5.74) is 0.787. The molecule has 3 fully saturated rings. The van der Waals surface area contributed by atoms with E-state index in [-0.39, 0.29) is 17.3 Å². The van der Waals surface area contributed by atoms with E-state index in [2.05, 4.69) is 26.0 Å². The molecular formula is C21H27FO2. The second-order valence-electron chi connectivity index (χ2n) is 9.35. The summed E-state index contributed by atoms with van der Waals surface area (Å²) in [4.78, 5) is 12.8. The van der Waals surface area contributed by atoms with Crippen molar-refractivity contribution in [1.82, 2.24) is 0 Å². The Bertz CT molecular complexity index is 679. The average Bonchev–Trinajstić information content (AvgIpc) is 3.28. The van der Waals surface area contributed by atoms with E-state index in [1.54, 1.807) is 7.11 Å². The maximum Gasteiger partial charge on any atom is 0.142 e. The van der Waals surface area contributed by atoms with Crippen molar-refractivity contribution in [2.24, 2.45) is 40.4 Å². The largest absolute Gasteiger partial charge is 0.501 e. The highest BCUT2D eigenvalue weighted by Crippen LogP contribution is 2.71. The maximum absolute atomic E-state index is 15.5. The lowest BCUT2D eigenvalue weighted by Crippen LogP contribution is -2.55. The number of ether oxygens (including phenoxy) is 1. The van der Waals surface area contributed by atoms with Crippen LogP contribution in [0.2, 0.25) is 0 Å². The fraction of sp³-hybridized carbons (Fsp3) is 0.762. The molecule has 5 aliphatic rings. The molecule has 3 saturated carbocycles. The smallest absolute Gasteiger partial charge is 0.142 e. The number of carbonyl (C=O) groups excluding carboxylic acids is 1. The van der Waals surface area contributed by atoms with Crippen LogP contribution in [0.5, 0.6) is 0 Å². The third-order valence-electron chi connectivity index (χ3n) is 8.34. The minimum atomic E-state index is -0.858. The molecule has 0 bridgehead atoms. The number of halogens is 1. The molecule has 0 aromatic heterocycles. The van der Waals surface area contributed by atoms with Gasteiger partial charge in [-0.2, -0.15) is 0 Å². The summed E-state index contributed by atoms with van der Waals surface area (Å²) < 4.78 is 20.9. The van der Waals surface area contributed by atoms with Crippen LogP contribution in [-0.4, -0.2) is 19.1 Å². The molecule has 0 heterocycles. The zero-order valence-electron chi connectivity index (χ0n) is 14.8. The van der Waals surface area contributed by atoms with Crippen molar-refractivity contribution in [2.75, 3.05) is 7.11 Å².